The minimum atomic E-state index is -0.652. The number of fused-ring (bicyclic) bond motifs is 1. The Labute approximate surface area is 114 Å². The first-order valence-corrected chi connectivity index (χ1v) is 6.62. The maximum absolute atomic E-state index is 12.4. The molecule has 1 atom stereocenters. The Hall–Kier alpha value is -1.55. The van der Waals surface area contributed by atoms with Gasteiger partial charge in [-0.3, -0.25) is 0 Å². The van der Waals surface area contributed by atoms with Crippen LogP contribution in [0.15, 0.2) is 24.3 Å². The first kappa shape index (κ1) is 13.9. The highest BCUT2D eigenvalue weighted by atomic mass is 16.6. The van der Waals surface area contributed by atoms with Crippen molar-refractivity contribution in [2.24, 2.45) is 0 Å². The molecule has 1 unspecified atom stereocenters. The minimum absolute atomic E-state index is 0.150. The Morgan fingerprint density at radius 3 is 2.68 bits per heavy atom. The predicted octanol–water partition coefficient (Wildman–Crippen LogP) is 3.35. The van der Waals surface area contributed by atoms with Crippen LogP contribution in [0.2, 0.25) is 0 Å². The van der Waals surface area contributed by atoms with E-state index in [4.69, 9.17) is 9.47 Å². The van der Waals surface area contributed by atoms with Crippen molar-refractivity contribution >= 4 is 11.8 Å². The standard InChI is InChI=1S/C15H21NO3/c1-11(2)19-14(17)16-13-8-6-5-7-12(13)9-10-15(16,3)18-4/h5-8,11H,9-10H2,1-4H3. The van der Waals surface area contributed by atoms with Gasteiger partial charge in [0.25, 0.3) is 0 Å². The fourth-order valence-electron chi connectivity index (χ4n) is 2.41. The van der Waals surface area contributed by atoms with E-state index in [1.807, 2.05) is 45.0 Å². The predicted molar refractivity (Wildman–Crippen MR) is 74.3 cm³/mol. The third-order valence-corrected chi connectivity index (χ3v) is 3.52. The van der Waals surface area contributed by atoms with Gasteiger partial charge in [-0.25, -0.2) is 9.69 Å². The number of aryl methyl sites for hydroxylation is 1. The fourth-order valence-corrected chi connectivity index (χ4v) is 2.41. The molecule has 1 aliphatic rings. The largest absolute Gasteiger partial charge is 0.446 e. The summed E-state index contributed by atoms with van der Waals surface area (Å²) in [7, 11) is 1.63. The van der Waals surface area contributed by atoms with Crippen molar-refractivity contribution in [3.8, 4) is 0 Å². The molecule has 0 radical (unpaired) electrons. The molecule has 4 nitrogen and oxygen atoms in total. The van der Waals surface area contributed by atoms with Crippen LogP contribution in [0.4, 0.5) is 10.5 Å². The van der Waals surface area contributed by atoms with Gasteiger partial charge in [0.1, 0.15) is 5.72 Å². The number of methoxy groups -OCH3 is 1. The summed E-state index contributed by atoms with van der Waals surface area (Å²) in [6.45, 7) is 5.61. The van der Waals surface area contributed by atoms with Crippen LogP contribution in [0.3, 0.4) is 0 Å². The number of hydrogen-bond donors (Lipinski definition) is 0. The highest BCUT2D eigenvalue weighted by Crippen LogP contribution is 2.37. The molecule has 0 saturated heterocycles. The average Bonchev–Trinajstić information content (AvgIpc) is 2.37. The van der Waals surface area contributed by atoms with Gasteiger partial charge in [0.15, 0.2) is 0 Å². The Morgan fingerprint density at radius 1 is 1.37 bits per heavy atom. The van der Waals surface area contributed by atoms with Crippen LogP contribution in [0.25, 0.3) is 0 Å². The van der Waals surface area contributed by atoms with Crippen LogP contribution in [-0.4, -0.2) is 25.0 Å². The summed E-state index contributed by atoms with van der Waals surface area (Å²) in [5.74, 6) is 0. The Morgan fingerprint density at radius 2 is 2.05 bits per heavy atom. The lowest BCUT2D eigenvalue weighted by atomic mass is 9.94. The Bertz CT molecular complexity index is 472. The molecule has 0 saturated carbocycles. The van der Waals surface area contributed by atoms with Gasteiger partial charge < -0.3 is 9.47 Å². The van der Waals surface area contributed by atoms with Crippen molar-refractivity contribution < 1.29 is 14.3 Å². The number of nitrogens with zero attached hydrogens (tertiary/aromatic N) is 1. The molecule has 0 N–H and O–H groups in total. The van der Waals surface area contributed by atoms with E-state index in [0.717, 1.165) is 24.1 Å². The van der Waals surface area contributed by atoms with Crippen molar-refractivity contribution in [1.82, 2.24) is 0 Å². The SMILES string of the molecule is COC1(C)CCc2ccccc2N1C(=O)OC(C)C. The second-order valence-corrected chi connectivity index (χ2v) is 5.28. The van der Waals surface area contributed by atoms with Crippen molar-refractivity contribution in [3.05, 3.63) is 29.8 Å². The number of ether oxygens (including phenoxy) is 2. The third-order valence-electron chi connectivity index (χ3n) is 3.52. The van der Waals surface area contributed by atoms with E-state index in [1.165, 1.54) is 0 Å². The smallest absolute Gasteiger partial charge is 0.416 e. The summed E-state index contributed by atoms with van der Waals surface area (Å²) < 4.78 is 10.9. The second kappa shape index (κ2) is 5.21. The summed E-state index contributed by atoms with van der Waals surface area (Å²) >= 11 is 0. The molecule has 0 fully saturated rings. The summed E-state index contributed by atoms with van der Waals surface area (Å²) in [4.78, 5) is 14.0. The van der Waals surface area contributed by atoms with Crippen molar-refractivity contribution in [1.29, 1.82) is 0 Å². The fraction of sp³-hybridized carbons (Fsp3) is 0.533. The number of para-hydroxylation sites is 1. The third kappa shape index (κ3) is 2.59. The molecule has 1 aliphatic heterocycles. The zero-order valence-electron chi connectivity index (χ0n) is 12.0. The number of benzene rings is 1. The van der Waals surface area contributed by atoms with Crippen molar-refractivity contribution in [2.45, 2.75) is 45.4 Å². The van der Waals surface area contributed by atoms with Gasteiger partial charge in [-0.15, -0.1) is 0 Å². The van der Waals surface area contributed by atoms with Gasteiger partial charge in [0.05, 0.1) is 11.8 Å². The lowest BCUT2D eigenvalue weighted by molar-refractivity contribution is -0.0102. The average molecular weight is 263 g/mol. The highest BCUT2D eigenvalue weighted by molar-refractivity contribution is 5.90. The maximum Gasteiger partial charge on any atom is 0.416 e. The van der Waals surface area contributed by atoms with Crippen LogP contribution in [0.1, 0.15) is 32.8 Å². The monoisotopic (exact) mass is 263 g/mol. The van der Waals surface area contributed by atoms with Gasteiger partial charge in [0, 0.05) is 7.11 Å². The molecule has 2 rings (SSSR count). The van der Waals surface area contributed by atoms with Crippen molar-refractivity contribution in [3.63, 3.8) is 0 Å². The second-order valence-electron chi connectivity index (χ2n) is 5.28. The molecular weight excluding hydrogens is 242 g/mol. The van der Waals surface area contributed by atoms with Gasteiger partial charge in [-0.1, -0.05) is 18.2 Å². The van der Waals surface area contributed by atoms with Crippen LogP contribution in [0.5, 0.6) is 0 Å². The molecule has 0 bridgehead atoms. The molecule has 0 spiro atoms. The molecule has 1 amide bonds. The molecule has 19 heavy (non-hydrogen) atoms. The molecule has 104 valence electrons. The number of hydrogen-bond acceptors (Lipinski definition) is 3. The van der Waals surface area contributed by atoms with E-state index in [0.29, 0.717) is 0 Å². The van der Waals surface area contributed by atoms with E-state index in [2.05, 4.69) is 0 Å². The van der Waals surface area contributed by atoms with Gasteiger partial charge in [-0.05, 0) is 45.2 Å². The zero-order chi connectivity index (χ0) is 14.0. The number of carbonyl (C=O) groups is 1. The lowest BCUT2D eigenvalue weighted by Gasteiger charge is -2.43. The van der Waals surface area contributed by atoms with Crippen LogP contribution >= 0.6 is 0 Å². The topological polar surface area (TPSA) is 38.8 Å². The van der Waals surface area contributed by atoms with Gasteiger partial charge in [-0.2, -0.15) is 0 Å². The van der Waals surface area contributed by atoms with E-state index < -0.39 is 5.72 Å². The molecule has 0 aromatic heterocycles. The van der Waals surface area contributed by atoms with Gasteiger partial charge >= 0.3 is 6.09 Å². The molecular formula is C15H21NO3. The van der Waals surface area contributed by atoms with E-state index in [-0.39, 0.29) is 12.2 Å². The van der Waals surface area contributed by atoms with E-state index in [1.54, 1.807) is 12.0 Å². The van der Waals surface area contributed by atoms with Crippen LogP contribution in [0, 0.1) is 0 Å². The molecule has 1 aromatic rings. The molecule has 4 heteroatoms. The summed E-state index contributed by atoms with van der Waals surface area (Å²) in [6, 6.07) is 7.89. The lowest BCUT2D eigenvalue weighted by Crippen LogP contribution is -2.54. The highest BCUT2D eigenvalue weighted by Gasteiger charge is 2.41. The maximum atomic E-state index is 12.4. The van der Waals surface area contributed by atoms with E-state index in [9.17, 15) is 4.79 Å². The molecule has 1 heterocycles. The first-order valence-electron chi connectivity index (χ1n) is 6.62. The van der Waals surface area contributed by atoms with Gasteiger partial charge in [0.2, 0.25) is 0 Å². The quantitative estimate of drug-likeness (QED) is 0.821. The Balaban J connectivity index is 2.41. The van der Waals surface area contributed by atoms with Crippen molar-refractivity contribution in [2.75, 3.05) is 12.0 Å². The number of amides is 1. The summed E-state index contributed by atoms with van der Waals surface area (Å²) in [5, 5.41) is 0. The van der Waals surface area contributed by atoms with Crippen LogP contribution in [-0.2, 0) is 15.9 Å². The molecule has 1 aromatic carbocycles. The van der Waals surface area contributed by atoms with Crippen LogP contribution < -0.4 is 4.90 Å². The molecule has 0 aliphatic carbocycles. The van der Waals surface area contributed by atoms with E-state index >= 15 is 0 Å². The summed E-state index contributed by atoms with van der Waals surface area (Å²) in [6.07, 6.45) is 1.15. The number of carbonyl (C=O) groups excluding carboxylic acids is 1. The summed E-state index contributed by atoms with van der Waals surface area (Å²) in [5.41, 5.74) is 1.38. The Kier molecular flexibility index (Phi) is 3.80. The number of rotatable bonds is 2. The minimum Gasteiger partial charge on any atom is -0.446 e. The zero-order valence-corrected chi connectivity index (χ0v) is 12.0. The first-order chi connectivity index (χ1) is 8.98. The normalized spacial score (nSPS) is 22.3. The number of anilines is 1.